The highest BCUT2D eigenvalue weighted by Crippen LogP contribution is 2.22. The van der Waals surface area contributed by atoms with Crippen molar-refractivity contribution >= 4 is 5.82 Å². The highest BCUT2D eigenvalue weighted by Gasteiger charge is 2.10. The molecular weight excluding hydrogens is 200 g/mol. The third kappa shape index (κ3) is 1.91. The van der Waals surface area contributed by atoms with E-state index in [2.05, 4.69) is 21.9 Å². The van der Waals surface area contributed by atoms with E-state index >= 15 is 0 Å². The molecular formula is C12H16N4. The Labute approximate surface area is 94.9 Å². The molecule has 0 radical (unpaired) electrons. The van der Waals surface area contributed by atoms with Gasteiger partial charge < -0.3 is 10.7 Å². The highest BCUT2D eigenvalue weighted by atomic mass is 15.0. The molecule has 3 N–H and O–H groups in total. The molecule has 0 amide bonds. The second-order valence-electron chi connectivity index (χ2n) is 3.83. The van der Waals surface area contributed by atoms with Crippen molar-refractivity contribution in [3.8, 4) is 11.4 Å². The fourth-order valence-electron chi connectivity index (χ4n) is 1.66. The number of H-pyrrole nitrogens is 1. The first kappa shape index (κ1) is 10.7. The molecule has 16 heavy (non-hydrogen) atoms. The minimum Gasteiger partial charge on any atom is -0.383 e. The van der Waals surface area contributed by atoms with Gasteiger partial charge in [0.2, 0.25) is 0 Å². The van der Waals surface area contributed by atoms with E-state index in [9.17, 15) is 0 Å². The van der Waals surface area contributed by atoms with Gasteiger partial charge in [-0.25, -0.2) is 9.97 Å². The number of nitrogens with zero attached hydrogens (tertiary/aromatic N) is 2. The Morgan fingerprint density at radius 1 is 1.38 bits per heavy atom. The molecule has 0 saturated heterocycles. The summed E-state index contributed by atoms with van der Waals surface area (Å²) in [4.78, 5) is 12.0. The second-order valence-corrected chi connectivity index (χ2v) is 3.83. The molecule has 4 heteroatoms. The van der Waals surface area contributed by atoms with Crippen LogP contribution in [0.1, 0.15) is 24.7 Å². The van der Waals surface area contributed by atoms with Crippen LogP contribution in [-0.4, -0.2) is 15.0 Å². The van der Waals surface area contributed by atoms with Gasteiger partial charge >= 0.3 is 0 Å². The number of nitrogens with two attached hydrogens (primary N) is 1. The van der Waals surface area contributed by atoms with Gasteiger partial charge in [0.1, 0.15) is 11.6 Å². The summed E-state index contributed by atoms with van der Waals surface area (Å²) in [5.41, 5.74) is 8.72. The van der Waals surface area contributed by atoms with Crippen molar-refractivity contribution < 1.29 is 0 Å². The van der Waals surface area contributed by atoms with E-state index in [1.807, 2.05) is 25.3 Å². The third-order valence-electron chi connectivity index (χ3n) is 2.56. The lowest BCUT2D eigenvalue weighted by molar-refractivity contribution is 0.835. The van der Waals surface area contributed by atoms with Crippen LogP contribution in [0.15, 0.2) is 18.3 Å². The highest BCUT2D eigenvalue weighted by molar-refractivity contribution is 5.64. The number of aromatic amines is 1. The smallest absolute Gasteiger partial charge is 0.131 e. The van der Waals surface area contributed by atoms with E-state index in [4.69, 9.17) is 5.73 Å². The summed E-state index contributed by atoms with van der Waals surface area (Å²) in [5.74, 6) is 1.39. The largest absolute Gasteiger partial charge is 0.383 e. The summed E-state index contributed by atoms with van der Waals surface area (Å²) >= 11 is 0. The van der Waals surface area contributed by atoms with Crippen molar-refractivity contribution in [2.75, 3.05) is 5.73 Å². The molecule has 2 aromatic rings. The molecule has 84 valence electrons. The van der Waals surface area contributed by atoms with E-state index < -0.39 is 0 Å². The summed E-state index contributed by atoms with van der Waals surface area (Å²) in [6.45, 7) is 4.05. The topological polar surface area (TPSA) is 67.6 Å². The molecule has 0 atom stereocenters. The van der Waals surface area contributed by atoms with Gasteiger partial charge in [-0.05, 0) is 25.5 Å². The molecule has 2 rings (SSSR count). The Balaban J connectivity index is 2.51. The fraction of sp³-hybridized carbons (Fsp3) is 0.333. The van der Waals surface area contributed by atoms with Crippen molar-refractivity contribution in [3.05, 3.63) is 29.7 Å². The second kappa shape index (κ2) is 4.35. The molecule has 0 spiro atoms. The average molecular weight is 216 g/mol. The van der Waals surface area contributed by atoms with Crippen LogP contribution in [0.3, 0.4) is 0 Å². The monoisotopic (exact) mass is 216 g/mol. The molecule has 2 heterocycles. The molecule has 0 aliphatic rings. The van der Waals surface area contributed by atoms with Crippen molar-refractivity contribution in [2.24, 2.45) is 0 Å². The number of hydrogen-bond donors (Lipinski definition) is 2. The summed E-state index contributed by atoms with van der Waals surface area (Å²) in [7, 11) is 0. The molecule has 0 unspecified atom stereocenters. The zero-order chi connectivity index (χ0) is 11.5. The summed E-state index contributed by atoms with van der Waals surface area (Å²) in [5, 5.41) is 0. The summed E-state index contributed by atoms with van der Waals surface area (Å²) < 4.78 is 0. The average Bonchev–Trinajstić information content (AvgIpc) is 2.76. The molecule has 4 nitrogen and oxygen atoms in total. The maximum atomic E-state index is 5.89. The predicted octanol–water partition coefficient (Wildman–Crippen LogP) is 2.31. The van der Waals surface area contributed by atoms with Crippen LogP contribution in [0.2, 0.25) is 0 Å². The first-order chi connectivity index (χ1) is 7.72. The van der Waals surface area contributed by atoms with Crippen molar-refractivity contribution in [1.29, 1.82) is 0 Å². The fourth-order valence-corrected chi connectivity index (χ4v) is 1.66. The third-order valence-corrected chi connectivity index (χ3v) is 2.56. The Kier molecular flexibility index (Phi) is 2.90. The SMILES string of the molecule is CCCc1nc(N)c(C)c(-c2ccc[nH]2)n1. The molecule has 0 aliphatic carbocycles. The maximum absolute atomic E-state index is 5.89. The molecule has 0 aromatic carbocycles. The van der Waals surface area contributed by atoms with Crippen LogP contribution in [-0.2, 0) is 6.42 Å². The molecule has 2 aromatic heterocycles. The van der Waals surface area contributed by atoms with Gasteiger partial charge in [0, 0.05) is 18.2 Å². The van der Waals surface area contributed by atoms with Gasteiger partial charge in [-0.15, -0.1) is 0 Å². The molecule has 0 saturated carbocycles. The maximum Gasteiger partial charge on any atom is 0.131 e. The minimum atomic E-state index is 0.572. The summed E-state index contributed by atoms with van der Waals surface area (Å²) in [6, 6.07) is 3.94. The van der Waals surface area contributed by atoms with Crippen molar-refractivity contribution in [1.82, 2.24) is 15.0 Å². The van der Waals surface area contributed by atoms with E-state index in [1.54, 1.807) is 0 Å². The van der Waals surface area contributed by atoms with Gasteiger partial charge in [-0.3, -0.25) is 0 Å². The Hall–Kier alpha value is -1.84. The lowest BCUT2D eigenvalue weighted by Crippen LogP contribution is -2.04. The van der Waals surface area contributed by atoms with Gasteiger partial charge in [0.15, 0.2) is 0 Å². The first-order valence-electron chi connectivity index (χ1n) is 5.49. The van der Waals surface area contributed by atoms with Crippen molar-refractivity contribution in [2.45, 2.75) is 26.7 Å². The van der Waals surface area contributed by atoms with Gasteiger partial charge in [-0.2, -0.15) is 0 Å². The van der Waals surface area contributed by atoms with Crippen LogP contribution in [0.25, 0.3) is 11.4 Å². The van der Waals surface area contributed by atoms with Crippen molar-refractivity contribution in [3.63, 3.8) is 0 Å². The lowest BCUT2D eigenvalue weighted by atomic mass is 10.1. The lowest BCUT2D eigenvalue weighted by Gasteiger charge is -2.08. The normalized spacial score (nSPS) is 10.6. The zero-order valence-electron chi connectivity index (χ0n) is 9.62. The number of rotatable bonds is 3. The first-order valence-corrected chi connectivity index (χ1v) is 5.49. The molecule has 0 bridgehead atoms. The molecule has 0 fully saturated rings. The van der Waals surface area contributed by atoms with Crippen LogP contribution < -0.4 is 5.73 Å². The number of aryl methyl sites for hydroxylation is 1. The number of nitrogens with one attached hydrogen (secondary N) is 1. The Morgan fingerprint density at radius 2 is 2.19 bits per heavy atom. The van der Waals surface area contributed by atoms with E-state index in [0.29, 0.717) is 5.82 Å². The number of aromatic nitrogens is 3. The number of nitrogen functional groups attached to an aromatic ring is 1. The standard InChI is InChI=1S/C12H16N4/c1-3-5-10-15-11(8(2)12(13)16-10)9-6-4-7-14-9/h4,6-7,14H,3,5H2,1-2H3,(H2,13,15,16). The summed E-state index contributed by atoms with van der Waals surface area (Å²) in [6.07, 6.45) is 3.76. The number of anilines is 1. The molecule has 0 aliphatic heterocycles. The van der Waals surface area contributed by atoms with E-state index in [1.165, 1.54) is 0 Å². The van der Waals surface area contributed by atoms with Gasteiger partial charge in [-0.1, -0.05) is 6.92 Å². The quantitative estimate of drug-likeness (QED) is 0.827. The van der Waals surface area contributed by atoms with Crippen LogP contribution >= 0.6 is 0 Å². The predicted molar refractivity (Wildman–Crippen MR) is 65.0 cm³/mol. The van der Waals surface area contributed by atoms with E-state index in [-0.39, 0.29) is 0 Å². The number of hydrogen-bond acceptors (Lipinski definition) is 3. The minimum absolute atomic E-state index is 0.572. The Morgan fingerprint density at radius 3 is 2.81 bits per heavy atom. The van der Waals surface area contributed by atoms with Crippen LogP contribution in [0, 0.1) is 6.92 Å². The van der Waals surface area contributed by atoms with Crippen LogP contribution in [0.5, 0.6) is 0 Å². The van der Waals surface area contributed by atoms with Gasteiger partial charge in [0.05, 0.1) is 11.4 Å². The van der Waals surface area contributed by atoms with Crippen LogP contribution in [0.4, 0.5) is 5.82 Å². The zero-order valence-corrected chi connectivity index (χ0v) is 9.62. The Bertz CT molecular complexity index is 474. The van der Waals surface area contributed by atoms with Gasteiger partial charge in [0.25, 0.3) is 0 Å². The van der Waals surface area contributed by atoms with E-state index in [0.717, 1.165) is 35.6 Å².